The number of fused-ring (bicyclic) bond motifs is 1. The molecular formula is C18H23N3. The molecule has 1 spiro atoms. The lowest BCUT2D eigenvalue weighted by Crippen LogP contribution is -2.41. The van der Waals surface area contributed by atoms with Gasteiger partial charge in [-0.05, 0) is 49.7 Å². The minimum Gasteiger partial charge on any atom is -0.356 e. The molecule has 2 aromatic rings. The summed E-state index contributed by atoms with van der Waals surface area (Å²) in [4.78, 5) is 9.66. The molecule has 110 valence electrons. The SMILES string of the molecule is CN1CCC2(CCN(c3nccc4ccccc34)CC2)C1. The molecule has 1 aromatic carbocycles. The average molecular weight is 281 g/mol. The van der Waals surface area contributed by atoms with Crippen LogP contribution in [0.15, 0.2) is 36.5 Å². The monoisotopic (exact) mass is 281 g/mol. The Morgan fingerprint density at radius 2 is 1.76 bits per heavy atom. The summed E-state index contributed by atoms with van der Waals surface area (Å²) >= 11 is 0. The van der Waals surface area contributed by atoms with Crippen molar-refractivity contribution in [3.8, 4) is 0 Å². The van der Waals surface area contributed by atoms with Crippen LogP contribution in [-0.4, -0.2) is 43.1 Å². The molecule has 3 heteroatoms. The van der Waals surface area contributed by atoms with Gasteiger partial charge in [0, 0.05) is 31.2 Å². The van der Waals surface area contributed by atoms with Gasteiger partial charge in [0.15, 0.2) is 0 Å². The molecule has 2 fully saturated rings. The maximum Gasteiger partial charge on any atom is 0.136 e. The highest BCUT2D eigenvalue weighted by atomic mass is 15.2. The second kappa shape index (κ2) is 4.99. The van der Waals surface area contributed by atoms with E-state index >= 15 is 0 Å². The Bertz CT molecular complexity index is 638. The van der Waals surface area contributed by atoms with Crippen molar-refractivity contribution in [1.82, 2.24) is 9.88 Å². The zero-order chi connectivity index (χ0) is 14.3. The van der Waals surface area contributed by atoms with Crippen LogP contribution in [0.1, 0.15) is 19.3 Å². The van der Waals surface area contributed by atoms with Crippen LogP contribution in [0.5, 0.6) is 0 Å². The van der Waals surface area contributed by atoms with Crippen LogP contribution in [0, 0.1) is 5.41 Å². The van der Waals surface area contributed by atoms with Crippen molar-refractivity contribution in [3.05, 3.63) is 36.5 Å². The van der Waals surface area contributed by atoms with Gasteiger partial charge >= 0.3 is 0 Å². The molecule has 3 heterocycles. The van der Waals surface area contributed by atoms with Crippen LogP contribution in [0.25, 0.3) is 10.8 Å². The highest BCUT2D eigenvalue weighted by Crippen LogP contribution is 2.41. The van der Waals surface area contributed by atoms with Crippen LogP contribution in [-0.2, 0) is 0 Å². The highest BCUT2D eigenvalue weighted by Gasteiger charge is 2.39. The van der Waals surface area contributed by atoms with Gasteiger partial charge in [-0.2, -0.15) is 0 Å². The van der Waals surface area contributed by atoms with E-state index in [2.05, 4.69) is 52.2 Å². The number of hydrogen-bond acceptors (Lipinski definition) is 3. The van der Waals surface area contributed by atoms with Gasteiger partial charge in [-0.15, -0.1) is 0 Å². The highest BCUT2D eigenvalue weighted by molar-refractivity contribution is 5.92. The molecule has 0 bridgehead atoms. The summed E-state index contributed by atoms with van der Waals surface area (Å²) in [6.07, 6.45) is 5.94. The molecule has 0 atom stereocenters. The Morgan fingerprint density at radius 3 is 2.52 bits per heavy atom. The Morgan fingerprint density at radius 1 is 1.00 bits per heavy atom. The molecule has 1 aromatic heterocycles. The standard InChI is InChI=1S/C18H23N3/c1-20-11-7-18(14-20)8-12-21(13-9-18)17-16-5-3-2-4-15(16)6-10-19-17/h2-6,10H,7-9,11-14H2,1H3. The van der Waals surface area contributed by atoms with E-state index < -0.39 is 0 Å². The number of benzene rings is 1. The minimum absolute atomic E-state index is 0.579. The largest absolute Gasteiger partial charge is 0.356 e. The van der Waals surface area contributed by atoms with Crippen molar-refractivity contribution in [2.75, 3.05) is 38.1 Å². The van der Waals surface area contributed by atoms with Crippen molar-refractivity contribution in [2.45, 2.75) is 19.3 Å². The summed E-state index contributed by atoms with van der Waals surface area (Å²) in [5.41, 5.74) is 0.579. The molecule has 0 N–H and O–H groups in total. The van der Waals surface area contributed by atoms with E-state index in [1.807, 2.05) is 6.20 Å². The molecule has 21 heavy (non-hydrogen) atoms. The number of hydrogen-bond donors (Lipinski definition) is 0. The van der Waals surface area contributed by atoms with Crippen LogP contribution in [0.4, 0.5) is 5.82 Å². The number of piperidine rings is 1. The van der Waals surface area contributed by atoms with E-state index in [1.54, 1.807) is 0 Å². The molecule has 2 aliphatic rings. The molecule has 0 radical (unpaired) electrons. The van der Waals surface area contributed by atoms with Gasteiger partial charge < -0.3 is 9.80 Å². The first-order chi connectivity index (χ1) is 10.3. The molecule has 3 nitrogen and oxygen atoms in total. The van der Waals surface area contributed by atoms with Gasteiger partial charge in [0.05, 0.1) is 0 Å². The van der Waals surface area contributed by atoms with Crippen molar-refractivity contribution < 1.29 is 0 Å². The zero-order valence-corrected chi connectivity index (χ0v) is 12.8. The second-order valence-corrected chi connectivity index (χ2v) is 6.83. The number of pyridine rings is 1. The minimum atomic E-state index is 0.579. The van der Waals surface area contributed by atoms with Crippen LogP contribution >= 0.6 is 0 Å². The van der Waals surface area contributed by atoms with E-state index in [4.69, 9.17) is 0 Å². The summed E-state index contributed by atoms with van der Waals surface area (Å²) < 4.78 is 0. The first-order valence-electron chi connectivity index (χ1n) is 8.03. The smallest absolute Gasteiger partial charge is 0.136 e. The topological polar surface area (TPSA) is 19.4 Å². The Labute approximate surface area is 126 Å². The third kappa shape index (κ3) is 2.30. The molecular weight excluding hydrogens is 258 g/mol. The predicted octanol–water partition coefficient (Wildman–Crippen LogP) is 3.16. The first-order valence-corrected chi connectivity index (χ1v) is 8.03. The maximum absolute atomic E-state index is 4.68. The molecule has 4 rings (SSSR count). The van der Waals surface area contributed by atoms with E-state index in [1.165, 1.54) is 48.9 Å². The fourth-order valence-corrected chi connectivity index (χ4v) is 4.12. The van der Waals surface area contributed by atoms with E-state index in [0.717, 1.165) is 13.1 Å². The van der Waals surface area contributed by atoms with Crippen LogP contribution < -0.4 is 4.90 Å². The Balaban J connectivity index is 1.58. The van der Waals surface area contributed by atoms with Crippen LogP contribution in [0.2, 0.25) is 0 Å². The molecule has 0 saturated carbocycles. The van der Waals surface area contributed by atoms with Gasteiger partial charge in [-0.3, -0.25) is 0 Å². The van der Waals surface area contributed by atoms with Crippen molar-refractivity contribution in [2.24, 2.45) is 5.41 Å². The van der Waals surface area contributed by atoms with Gasteiger partial charge in [0.25, 0.3) is 0 Å². The molecule has 2 aliphatic heterocycles. The van der Waals surface area contributed by atoms with E-state index in [9.17, 15) is 0 Å². The molecule has 0 aliphatic carbocycles. The molecule has 0 unspecified atom stereocenters. The van der Waals surface area contributed by atoms with Crippen molar-refractivity contribution in [1.29, 1.82) is 0 Å². The van der Waals surface area contributed by atoms with E-state index in [-0.39, 0.29) is 0 Å². The number of aromatic nitrogens is 1. The van der Waals surface area contributed by atoms with Gasteiger partial charge in [-0.1, -0.05) is 24.3 Å². The summed E-state index contributed by atoms with van der Waals surface area (Å²) in [5, 5.41) is 2.59. The number of likely N-dealkylation sites (tertiary alicyclic amines) is 1. The van der Waals surface area contributed by atoms with Crippen molar-refractivity contribution >= 4 is 16.6 Å². The second-order valence-electron chi connectivity index (χ2n) is 6.83. The first kappa shape index (κ1) is 13.1. The Kier molecular flexibility index (Phi) is 3.11. The predicted molar refractivity (Wildman–Crippen MR) is 87.7 cm³/mol. The lowest BCUT2D eigenvalue weighted by molar-refractivity contribution is 0.222. The Hall–Kier alpha value is -1.61. The number of nitrogens with zero attached hydrogens (tertiary/aromatic N) is 3. The van der Waals surface area contributed by atoms with Gasteiger partial charge in [0.1, 0.15) is 5.82 Å². The summed E-state index contributed by atoms with van der Waals surface area (Å²) in [6, 6.07) is 10.7. The van der Waals surface area contributed by atoms with Crippen molar-refractivity contribution in [3.63, 3.8) is 0 Å². The zero-order valence-electron chi connectivity index (χ0n) is 12.8. The normalized spacial score (nSPS) is 22.2. The maximum atomic E-state index is 4.68. The van der Waals surface area contributed by atoms with E-state index in [0.29, 0.717) is 5.41 Å². The fourth-order valence-electron chi connectivity index (χ4n) is 4.12. The molecule has 0 amide bonds. The summed E-state index contributed by atoms with van der Waals surface area (Å²) in [7, 11) is 2.26. The third-order valence-electron chi connectivity index (χ3n) is 5.41. The lowest BCUT2D eigenvalue weighted by atomic mass is 9.78. The third-order valence-corrected chi connectivity index (χ3v) is 5.41. The summed E-state index contributed by atoms with van der Waals surface area (Å²) in [5.74, 6) is 1.18. The number of anilines is 1. The quantitative estimate of drug-likeness (QED) is 0.800. The number of rotatable bonds is 1. The average Bonchev–Trinajstić information content (AvgIpc) is 2.88. The fraction of sp³-hybridized carbons (Fsp3) is 0.500. The van der Waals surface area contributed by atoms with Crippen LogP contribution in [0.3, 0.4) is 0 Å². The van der Waals surface area contributed by atoms with Gasteiger partial charge in [0.2, 0.25) is 0 Å². The van der Waals surface area contributed by atoms with Gasteiger partial charge in [-0.25, -0.2) is 4.98 Å². The summed E-state index contributed by atoms with van der Waals surface area (Å²) in [6.45, 7) is 4.85. The lowest BCUT2D eigenvalue weighted by Gasteiger charge is -2.40. The molecule has 2 saturated heterocycles.